The number of amides is 2. The molecule has 4 atom stereocenters. The third-order valence-corrected chi connectivity index (χ3v) is 6.15. The first-order valence-corrected chi connectivity index (χ1v) is 8.80. The van der Waals surface area contributed by atoms with Gasteiger partial charge in [-0.2, -0.15) is 0 Å². The van der Waals surface area contributed by atoms with Gasteiger partial charge in [0.05, 0.1) is 10.7 Å². The first kappa shape index (κ1) is 15.0. The summed E-state index contributed by atoms with van der Waals surface area (Å²) in [5, 5.41) is 0.576. The van der Waals surface area contributed by atoms with Crippen LogP contribution in [-0.4, -0.2) is 36.3 Å². The highest BCUT2D eigenvalue weighted by Crippen LogP contribution is 2.58. The number of carbonyl (C=O) groups excluding carboxylic acids is 2. The van der Waals surface area contributed by atoms with E-state index in [2.05, 4.69) is 0 Å². The summed E-state index contributed by atoms with van der Waals surface area (Å²) < 4.78 is 0. The Kier molecular flexibility index (Phi) is 3.60. The predicted octanol–water partition coefficient (Wildman–Crippen LogP) is 2.95. The number of rotatable bonds is 3. The van der Waals surface area contributed by atoms with Crippen LogP contribution in [0.5, 0.6) is 0 Å². The lowest BCUT2D eigenvalue weighted by Gasteiger charge is -2.25. The molecular weight excluding hydrogens is 312 g/mol. The summed E-state index contributed by atoms with van der Waals surface area (Å²) in [4.78, 5) is 28.9. The van der Waals surface area contributed by atoms with Crippen LogP contribution in [0.25, 0.3) is 0 Å². The van der Waals surface area contributed by atoms with Crippen LogP contribution in [-0.2, 0) is 9.59 Å². The van der Waals surface area contributed by atoms with Gasteiger partial charge in [0.2, 0.25) is 11.8 Å². The lowest BCUT2D eigenvalue weighted by atomic mass is 10.1. The second-order valence-corrected chi connectivity index (χ2v) is 7.39. The Balaban J connectivity index is 1.47. The third-order valence-electron chi connectivity index (χ3n) is 5.83. The maximum absolute atomic E-state index is 12.8. The number of hydrogen-bond acceptors (Lipinski definition) is 2. The summed E-state index contributed by atoms with van der Waals surface area (Å²) in [6.45, 7) is 0.613. The first-order chi connectivity index (χ1) is 11.1. The topological polar surface area (TPSA) is 40.6 Å². The van der Waals surface area contributed by atoms with E-state index in [4.69, 9.17) is 11.6 Å². The molecule has 0 radical (unpaired) electrons. The van der Waals surface area contributed by atoms with E-state index in [1.54, 1.807) is 22.9 Å². The van der Waals surface area contributed by atoms with Gasteiger partial charge in [0.1, 0.15) is 6.04 Å². The summed E-state index contributed by atoms with van der Waals surface area (Å²) in [6.07, 6.45) is 4.29. The van der Waals surface area contributed by atoms with Crippen molar-refractivity contribution >= 4 is 29.1 Å². The molecule has 1 aromatic carbocycles. The van der Waals surface area contributed by atoms with E-state index in [1.807, 2.05) is 18.2 Å². The third kappa shape index (κ3) is 2.35. The molecule has 0 N–H and O–H groups in total. The van der Waals surface area contributed by atoms with Gasteiger partial charge in [0.25, 0.3) is 0 Å². The largest absolute Gasteiger partial charge is 0.333 e. The number of halogens is 1. The van der Waals surface area contributed by atoms with Crippen molar-refractivity contribution in [1.29, 1.82) is 0 Å². The lowest BCUT2D eigenvalue weighted by molar-refractivity contribution is -0.138. The second kappa shape index (κ2) is 5.52. The van der Waals surface area contributed by atoms with E-state index >= 15 is 0 Å². The van der Waals surface area contributed by atoms with Crippen LogP contribution in [0.15, 0.2) is 24.3 Å². The van der Waals surface area contributed by atoms with Crippen LogP contribution in [0.1, 0.15) is 25.7 Å². The van der Waals surface area contributed by atoms with Crippen LogP contribution in [0.2, 0.25) is 5.02 Å². The summed E-state index contributed by atoms with van der Waals surface area (Å²) in [5.74, 6) is 1.50. The van der Waals surface area contributed by atoms with E-state index in [1.165, 1.54) is 19.3 Å². The zero-order chi connectivity index (χ0) is 16.1. The molecule has 1 aliphatic heterocycles. The quantitative estimate of drug-likeness (QED) is 0.854. The van der Waals surface area contributed by atoms with Crippen molar-refractivity contribution < 1.29 is 9.59 Å². The fourth-order valence-electron chi connectivity index (χ4n) is 4.51. The molecule has 2 saturated carbocycles. The van der Waals surface area contributed by atoms with Crippen molar-refractivity contribution in [2.75, 3.05) is 18.5 Å². The molecule has 4 nitrogen and oxygen atoms in total. The Morgan fingerprint density at radius 2 is 1.91 bits per heavy atom. The molecule has 2 amide bonds. The Labute approximate surface area is 141 Å². The van der Waals surface area contributed by atoms with Gasteiger partial charge in [-0.25, -0.2) is 0 Å². The van der Waals surface area contributed by atoms with E-state index in [9.17, 15) is 9.59 Å². The minimum atomic E-state index is -0.347. The molecule has 3 fully saturated rings. The van der Waals surface area contributed by atoms with Crippen LogP contribution in [0.4, 0.5) is 5.69 Å². The van der Waals surface area contributed by atoms with Crippen molar-refractivity contribution in [3.05, 3.63) is 29.3 Å². The molecule has 0 bridgehead atoms. The highest BCUT2D eigenvalue weighted by atomic mass is 35.5. The van der Waals surface area contributed by atoms with Gasteiger partial charge in [-0.05, 0) is 43.2 Å². The number of anilines is 1. The summed E-state index contributed by atoms with van der Waals surface area (Å²) >= 11 is 6.21. The van der Waals surface area contributed by atoms with E-state index in [-0.39, 0.29) is 23.8 Å². The van der Waals surface area contributed by atoms with Gasteiger partial charge in [0.15, 0.2) is 0 Å². The minimum absolute atomic E-state index is 0.0141. The average molecular weight is 333 g/mol. The highest BCUT2D eigenvalue weighted by molar-refractivity contribution is 6.34. The van der Waals surface area contributed by atoms with E-state index in [0.29, 0.717) is 29.8 Å². The number of para-hydroxylation sites is 1. The molecule has 5 heteroatoms. The molecule has 23 heavy (non-hydrogen) atoms. The number of nitrogens with zero attached hydrogens (tertiary/aromatic N) is 2. The van der Waals surface area contributed by atoms with Crippen molar-refractivity contribution in [1.82, 2.24) is 4.90 Å². The molecule has 1 aromatic rings. The van der Waals surface area contributed by atoms with Crippen molar-refractivity contribution in [2.45, 2.75) is 31.7 Å². The van der Waals surface area contributed by atoms with Gasteiger partial charge in [-0.1, -0.05) is 30.2 Å². The molecule has 4 rings (SSSR count). The fraction of sp³-hybridized carbons (Fsp3) is 0.556. The number of likely N-dealkylation sites (N-methyl/N-ethyl adjacent to an activating group) is 1. The monoisotopic (exact) mass is 332 g/mol. The van der Waals surface area contributed by atoms with Gasteiger partial charge in [0, 0.05) is 19.5 Å². The van der Waals surface area contributed by atoms with Crippen LogP contribution < -0.4 is 4.90 Å². The van der Waals surface area contributed by atoms with Gasteiger partial charge < -0.3 is 9.80 Å². The van der Waals surface area contributed by atoms with E-state index in [0.717, 1.165) is 5.69 Å². The molecule has 3 aliphatic rings. The number of benzene rings is 1. The normalized spacial score (nSPS) is 32.1. The van der Waals surface area contributed by atoms with Crippen molar-refractivity contribution in [3.8, 4) is 0 Å². The smallest absolute Gasteiger partial charge is 0.249 e. The molecule has 0 aromatic heterocycles. The van der Waals surface area contributed by atoms with Crippen molar-refractivity contribution in [3.63, 3.8) is 0 Å². The van der Waals surface area contributed by atoms with Crippen LogP contribution >= 0.6 is 11.6 Å². The Morgan fingerprint density at radius 1 is 1.22 bits per heavy atom. The minimum Gasteiger partial charge on any atom is -0.333 e. The lowest BCUT2D eigenvalue weighted by Crippen LogP contribution is -2.44. The first-order valence-electron chi connectivity index (χ1n) is 8.42. The molecule has 122 valence electrons. The number of fused-ring (bicyclic) bond motifs is 1. The highest BCUT2D eigenvalue weighted by Gasteiger charge is 2.58. The van der Waals surface area contributed by atoms with Crippen LogP contribution in [0.3, 0.4) is 0 Å². The van der Waals surface area contributed by atoms with Gasteiger partial charge >= 0.3 is 0 Å². The summed E-state index contributed by atoms with van der Waals surface area (Å²) in [7, 11) is 1.79. The zero-order valence-electron chi connectivity index (χ0n) is 13.2. The second-order valence-electron chi connectivity index (χ2n) is 6.98. The molecular formula is C18H21ClN2O2. The zero-order valence-corrected chi connectivity index (χ0v) is 14.0. The molecule has 1 heterocycles. The van der Waals surface area contributed by atoms with E-state index < -0.39 is 0 Å². The fourth-order valence-corrected chi connectivity index (χ4v) is 4.75. The standard InChI is InChI=1S/C18H21ClN2O2/c1-20(18(23)16-11-5-4-6-12(11)16)15-9-10-21(17(15)22)14-8-3-2-7-13(14)19/h2-3,7-8,11-12,15-16H,4-6,9-10H2,1H3/t11-,12+,15-,16?/m0/s1. The Hall–Kier alpha value is -1.55. The van der Waals surface area contributed by atoms with Crippen molar-refractivity contribution in [2.24, 2.45) is 17.8 Å². The van der Waals surface area contributed by atoms with Gasteiger partial charge in [-0.15, -0.1) is 0 Å². The Morgan fingerprint density at radius 3 is 2.61 bits per heavy atom. The van der Waals surface area contributed by atoms with Crippen LogP contribution in [0, 0.1) is 17.8 Å². The summed E-state index contributed by atoms with van der Waals surface area (Å²) in [6, 6.07) is 7.03. The number of carbonyl (C=O) groups is 2. The maximum atomic E-state index is 12.8. The molecule has 2 aliphatic carbocycles. The Bertz CT molecular complexity index is 652. The average Bonchev–Trinajstić information content (AvgIpc) is 2.87. The molecule has 1 unspecified atom stereocenters. The predicted molar refractivity (Wildman–Crippen MR) is 89.3 cm³/mol. The summed E-state index contributed by atoms with van der Waals surface area (Å²) in [5.41, 5.74) is 0.741. The van der Waals surface area contributed by atoms with Gasteiger partial charge in [-0.3, -0.25) is 9.59 Å². The molecule has 1 saturated heterocycles. The SMILES string of the molecule is CN(C(=O)C1[C@H]2CCC[C@@H]12)[C@H]1CCN(c2ccccc2Cl)C1=O. The maximum Gasteiger partial charge on any atom is 0.249 e. The molecule has 0 spiro atoms. The number of hydrogen-bond donors (Lipinski definition) is 0.